The summed E-state index contributed by atoms with van der Waals surface area (Å²) < 4.78 is 0. The Morgan fingerprint density at radius 1 is 1.31 bits per heavy atom. The van der Waals surface area contributed by atoms with Crippen molar-refractivity contribution in [2.75, 3.05) is 11.5 Å². The van der Waals surface area contributed by atoms with Gasteiger partial charge in [0, 0.05) is 5.75 Å². The molecule has 1 aromatic carbocycles. The van der Waals surface area contributed by atoms with Crippen LogP contribution in [0.1, 0.15) is 31.2 Å². The molecule has 0 spiro atoms. The minimum absolute atomic E-state index is 0.595. The quantitative estimate of drug-likeness (QED) is 0.505. The first-order valence-electron chi connectivity index (χ1n) is 5.72. The summed E-state index contributed by atoms with van der Waals surface area (Å²) in [6.07, 6.45) is 5.51. The first-order valence-corrected chi connectivity index (χ1v) is 6.88. The van der Waals surface area contributed by atoms with E-state index in [-0.39, 0.29) is 0 Å². The van der Waals surface area contributed by atoms with Crippen LogP contribution in [0, 0.1) is 6.42 Å². The average Bonchev–Trinajstić information content (AvgIpc) is 2.34. The van der Waals surface area contributed by atoms with Gasteiger partial charge in [-0.2, -0.15) is 11.8 Å². The molecule has 0 aliphatic carbocycles. The summed E-state index contributed by atoms with van der Waals surface area (Å²) in [7, 11) is 0. The highest BCUT2D eigenvalue weighted by atomic mass is 32.2. The van der Waals surface area contributed by atoms with Crippen LogP contribution >= 0.6 is 11.8 Å². The zero-order valence-corrected chi connectivity index (χ0v) is 10.6. The second-order valence-corrected chi connectivity index (χ2v) is 5.02. The molecule has 87 valence electrons. The Morgan fingerprint density at radius 3 is 2.75 bits per heavy atom. The molecule has 1 nitrogen and oxygen atoms in total. The Hall–Kier alpha value is -0.760. The molecule has 1 rings (SSSR count). The third-order valence-electron chi connectivity index (χ3n) is 2.54. The van der Waals surface area contributed by atoms with Crippen LogP contribution in [0.4, 0.5) is 0 Å². The molecule has 2 heteroatoms. The van der Waals surface area contributed by atoms with Crippen LogP contribution in [0.5, 0.6) is 0 Å². The summed E-state index contributed by atoms with van der Waals surface area (Å²) in [5, 5.41) is 0. The largest absolute Gasteiger partial charge is 0.302 e. The fourth-order valence-corrected chi connectivity index (χ4v) is 2.18. The SMILES string of the molecule is CC(C[CH]CCSCC=O)c1ccccc1. The highest BCUT2D eigenvalue weighted by Gasteiger charge is 2.03. The van der Waals surface area contributed by atoms with Gasteiger partial charge in [0.15, 0.2) is 0 Å². The van der Waals surface area contributed by atoms with Gasteiger partial charge in [0.25, 0.3) is 0 Å². The predicted octanol–water partition coefficient (Wildman–Crippen LogP) is 3.71. The van der Waals surface area contributed by atoms with E-state index < -0.39 is 0 Å². The van der Waals surface area contributed by atoms with Gasteiger partial charge >= 0.3 is 0 Å². The first kappa shape index (κ1) is 13.3. The van der Waals surface area contributed by atoms with E-state index in [9.17, 15) is 4.79 Å². The maximum atomic E-state index is 10.1. The molecule has 0 saturated carbocycles. The summed E-state index contributed by atoms with van der Waals surface area (Å²) in [4.78, 5) is 10.1. The van der Waals surface area contributed by atoms with Crippen LogP contribution in [-0.2, 0) is 4.79 Å². The van der Waals surface area contributed by atoms with Crippen molar-refractivity contribution in [1.82, 2.24) is 0 Å². The second kappa shape index (κ2) is 8.40. The number of hydrogen-bond donors (Lipinski definition) is 0. The van der Waals surface area contributed by atoms with Crippen LogP contribution in [0.25, 0.3) is 0 Å². The third kappa shape index (κ3) is 5.36. The van der Waals surface area contributed by atoms with Gasteiger partial charge < -0.3 is 4.79 Å². The number of unbranched alkanes of at least 4 members (excludes halogenated alkanes) is 1. The highest BCUT2D eigenvalue weighted by Crippen LogP contribution is 2.20. The predicted molar refractivity (Wildman–Crippen MR) is 71.8 cm³/mol. The molecule has 0 aliphatic heterocycles. The molecule has 1 atom stereocenters. The molecule has 16 heavy (non-hydrogen) atoms. The maximum Gasteiger partial charge on any atom is 0.129 e. The van der Waals surface area contributed by atoms with E-state index in [0.717, 1.165) is 24.9 Å². The standard InChI is InChI=1S/C14H19OS/c1-13(14-8-3-2-4-9-14)7-5-6-11-16-12-10-15/h2-5,8-10,13H,6-7,11-12H2,1H3. The number of benzene rings is 1. The molecule has 0 fully saturated rings. The molecule has 0 bridgehead atoms. The zero-order valence-electron chi connectivity index (χ0n) is 9.76. The maximum absolute atomic E-state index is 10.1. The molecular weight excluding hydrogens is 216 g/mol. The van der Waals surface area contributed by atoms with E-state index in [1.807, 2.05) is 0 Å². The van der Waals surface area contributed by atoms with E-state index in [0.29, 0.717) is 11.7 Å². The Labute approximate surface area is 103 Å². The van der Waals surface area contributed by atoms with Gasteiger partial charge in [-0.3, -0.25) is 0 Å². The van der Waals surface area contributed by atoms with E-state index in [1.54, 1.807) is 11.8 Å². The lowest BCUT2D eigenvalue weighted by atomic mass is 9.96. The Kier molecular flexibility index (Phi) is 6.98. The monoisotopic (exact) mass is 235 g/mol. The lowest BCUT2D eigenvalue weighted by Gasteiger charge is -2.10. The number of rotatable bonds is 8. The lowest BCUT2D eigenvalue weighted by Crippen LogP contribution is -1.94. The van der Waals surface area contributed by atoms with Crippen LogP contribution in [0.2, 0.25) is 0 Å². The second-order valence-electron chi connectivity index (χ2n) is 3.87. The topological polar surface area (TPSA) is 17.1 Å². The average molecular weight is 235 g/mol. The van der Waals surface area contributed by atoms with Crippen molar-refractivity contribution in [3.8, 4) is 0 Å². The van der Waals surface area contributed by atoms with Crippen molar-refractivity contribution in [1.29, 1.82) is 0 Å². The van der Waals surface area contributed by atoms with Gasteiger partial charge in [-0.05, 0) is 36.5 Å². The van der Waals surface area contributed by atoms with Crippen LogP contribution < -0.4 is 0 Å². The van der Waals surface area contributed by atoms with Crippen LogP contribution in [-0.4, -0.2) is 17.8 Å². The summed E-state index contributed by atoms with van der Waals surface area (Å²) >= 11 is 1.70. The number of hydrogen-bond acceptors (Lipinski definition) is 2. The number of thioether (sulfide) groups is 1. The first-order chi connectivity index (χ1) is 7.84. The van der Waals surface area contributed by atoms with Crippen molar-refractivity contribution in [2.24, 2.45) is 0 Å². The molecule has 1 unspecified atom stereocenters. The fraction of sp³-hybridized carbons (Fsp3) is 0.429. The van der Waals surface area contributed by atoms with Gasteiger partial charge in [-0.25, -0.2) is 0 Å². The lowest BCUT2D eigenvalue weighted by molar-refractivity contribution is -0.105. The van der Waals surface area contributed by atoms with Crippen molar-refractivity contribution >= 4 is 18.0 Å². The van der Waals surface area contributed by atoms with E-state index in [1.165, 1.54) is 5.56 Å². The minimum Gasteiger partial charge on any atom is -0.302 e. The van der Waals surface area contributed by atoms with E-state index in [4.69, 9.17) is 0 Å². The zero-order chi connectivity index (χ0) is 11.6. The molecular formula is C14H19OS. The molecule has 0 saturated heterocycles. The molecule has 0 N–H and O–H groups in total. The third-order valence-corrected chi connectivity index (χ3v) is 3.44. The number of aldehydes is 1. The van der Waals surface area contributed by atoms with Gasteiger partial charge in [-0.15, -0.1) is 0 Å². The van der Waals surface area contributed by atoms with Crippen molar-refractivity contribution in [3.63, 3.8) is 0 Å². The Balaban J connectivity index is 2.11. The van der Waals surface area contributed by atoms with Gasteiger partial charge in [0.1, 0.15) is 6.29 Å². The summed E-state index contributed by atoms with van der Waals surface area (Å²) in [5.74, 6) is 2.28. The van der Waals surface area contributed by atoms with E-state index in [2.05, 4.69) is 43.7 Å². The summed E-state index contributed by atoms with van der Waals surface area (Å²) in [5.41, 5.74) is 1.40. The highest BCUT2D eigenvalue weighted by molar-refractivity contribution is 7.99. The van der Waals surface area contributed by atoms with Crippen LogP contribution in [0.3, 0.4) is 0 Å². The smallest absolute Gasteiger partial charge is 0.129 e. The number of carbonyl (C=O) groups is 1. The van der Waals surface area contributed by atoms with Crippen molar-refractivity contribution in [2.45, 2.75) is 25.7 Å². The molecule has 1 radical (unpaired) electrons. The summed E-state index contributed by atoms with van der Waals surface area (Å²) in [6, 6.07) is 10.6. The molecule has 0 aromatic heterocycles. The Bertz CT molecular complexity index is 284. The molecule has 0 amide bonds. The van der Waals surface area contributed by atoms with Crippen molar-refractivity contribution in [3.05, 3.63) is 42.3 Å². The van der Waals surface area contributed by atoms with Gasteiger partial charge in [0.2, 0.25) is 0 Å². The number of carbonyl (C=O) groups excluding carboxylic acids is 1. The Morgan fingerprint density at radius 2 is 2.06 bits per heavy atom. The van der Waals surface area contributed by atoms with Crippen LogP contribution in [0.15, 0.2) is 30.3 Å². The minimum atomic E-state index is 0.595. The molecule has 0 aliphatic rings. The van der Waals surface area contributed by atoms with E-state index >= 15 is 0 Å². The van der Waals surface area contributed by atoms with Crippen molar-refractivity contribution < 1.29 is 4.79 Å². The molecule has 0 heterocycles. The summed E-state index contributed by atoms with van der Waals surface area (Å²) in [6.45, 7) is 2.25. The van der Waals surface area contributed by atoms with Gasteiger partial charge in [-0.1, -0.05) is 37.3 Å². The molecule has 1 aromatic rings. The normalized spacial score (nSPS) is 12.3. The van der Waals surface area contributed by atoms with Gasteiger partial charge in [0.05, 0.1) is 0 Å². The fourth-order valence-electron chi connectivity index (χ4n) is 1.58.